The van der Waals surface area contributed by atoms with Crippen LogP contribution < -0.4 is 20.9 Å². The molecule has 3 aliphatic rings. The molecule has 2 fully saturated rings. The number of hydrogen-bond donors (Lipinski definition) is 3. The van der Waals surface area contributed by atoms with Crippen LogP contribution in [0.1, 0.15) is 39.3 Å². The highest BCUT2D eigenvalue weighted by molar-refractivity contribution is 6.25. The van der Waals surface area contributed by atoms with Crippen LogP contribution in [0.5, 0.6) is 0 Å². The van der Waals surface area contributed by atoms with E-state index in [2.05, 4.69) is 48.2 Å². The summed E-state index contributed by atoms with van der Waals surface area (Å²) in [5.41, 5.74) is 4.44. The van der Waals surface area contributed by atoms with Crippen molar-refractivity contribution in [3.8, 4) is 11.1 Å². The Kier molecular flexibility index (Phi) is 12.3. The van der Waals surface area contributed by atoms with E-state index in [1.165, 1.54) is 0 Å². The molecule has 0 aliphatic carbocycles. The van der Waals surface area contributed by atoms with Gasteiger partial charge >= 0.3 is 0 Å². The number of nitrogens with one attached hydrogen (secondary N) is 3. The number of fused-ring (bicyclic) bond motifs is 2. The van der Waals surface area contributed by atoms with Crippen molar-refractivity contribution >= 4 is 52.5 Å². The van der Waals surface area contributed by atoms with E-state index >= 15 is 0 Å². The highest BCUT2D eigenvalue weighted by Gasteiger charge is 2.45. The van der Waals surface area contributed by atoms with Crippen LogP contribution in [0.25, 0.3) is 16.8 Å². The van der Waals surface area contributed by atoms with Crippen LogP contribution in [0.2, 0.25) is 0 Å². The number of anilines is 3. The van der Waals surface area contributed by atoms with Crippen LogP contribution in [-0.2, 0) is 35.1 Å². The van der Waals surface area contributed by atoms with Gasteiger partial charge in [0.05, 0.1) is 57.0 Å². The summed E-state index contributed by atoms with van der Waals surface area (Å²) in [5, 5.41) is 17.0. The van der Waals surface area contributed by atoms with Gasteiger partial charge < -0.3 is 39.1 Å². The molecule has 2 aromatic carbocycles. The predicted molar refractivity (Wildman–Crippen MR) is 215 cm³/mol. The van der Waals surface area contributed by atoms with E-state index in [0.717, 1.165) is 27.5 Å². The second-order valence-corrected chi connectivity index (χ2v) is 14.2. The highest BCUT2D eigenvalue weighted by atomic mass is 16.5. The van der Waals surface area contributed by atoms with E-state index in [1.807, 2.05) is 33.6 Å². The number of hydrogen-bond acceptors (Lipinski definition) is 15. The summed E-state index contributed by atoms with van der Waals surface area (Å²) < 4.78 is 24.0. The van der Waals surface area contributed by atoms with Crippen molar-refractivity contribution in [3.05, 3.63) is 90.3 Å². The molecule has 60 heavy (non-hydrogen) atoms. The minimum Gasteiger partial charge on any atom is -0.467 e. The van der Waals surface area contributed by atoms with Gasteiger partial charge in [0.15, 0.2) is 5.65 Å². The monoisotopic (exact) mass is 820 g/mol. The SMILES string of the molecule is O=C1CCC(N2C(=O)c3cccc(NCCOCCOCCOCC(=O)N4CCN(c5ccc(-c6cnc(NCc7ccco7)n7cnnc67)cc5)CC4)c3C2=O)C(=O)N1. The fourth-order valence-electron chi connectivity index (χ4n) is 7.41. The Morgan fingerprint density at radius 2 is 1.63 bits per heavy atom. The van der Waals surface area contributed by atoms with Crippen LogP contribution in [-0.4, -0.2) is 137 Å². The molecule has 2 saturated heterocycles. The number of carbonyl (C=O) groups excluding carboxylic acids is 5. The first-order valence-electron chi connectivity index (χ1n) is 19.8. The van der Waals surface area contributed by atoms with E-state index in [4.69, 9.17) is 18.6 Å². The van der Waals surface area contributed by atoms with Gasteiger partial charge in [-0.1, -0.05) is 18.2 Å². The Hall–Kier alpha value is -6.70. The van der Waals surface area contributed by atoms with Crippen LogP contribution >= 0.6 is 0 Å². The largest absolute Gasteiger partial charge is 0.467 e. The van der Waals surface area contributed by atoms with E-state index in [-0.39, 0.29) is 43.1 Å². The molecule has 6 heterocycles. The molecule has 3 aliphatic heterocycles. The summed E-state index contributed by atoms with van der Waals surface area (Å²) in [6.45, 7) is 4.92. The van der Waals surface area contributed by atoms with Crippen molar-refractivity contribution < 1.29 is 42.6 Å². The fourth-order valence-corrected chi connectivity index (χ4v) is 7.41. The summed E-state index contributed by atoms with van der Waals surface area (Å²) in [7, 11) is 0. The molecule has 312 valence electrons. The lowest BCUT2D eigenvalue weighted by atomic mass is 10.0. The molecule has 3 N–H and O–H groups in total. The van der Waals surface area contributed by atoms with Gasteiger partial charge in [-0.2, -0.15) is 0 Å². The topological polar surface area (TPSA) is 215 Å². The van der Waals surface area contributed by atoms with Gasteiger partial charge in [-0.3, -0.25) is 38.6 Å². The van der Waals surface area contributed by atoms with E-state index < -0.39 is 29.7 Å². The lowest BCUT2D eigenvalue weighted by Crippen LogP contribution is -2.54. The second-order valence-electron chi connectivity index (χ2n) is 14.2. The number of benzene rings is 2. The number of nitrogens with zero attached hydrogens (tertiary/aromatic N) is 7. The molecule has 3 aromatic heterocycles. The molecule has 0 saturated carbocycles. The number of ether oxygens (including phenoxy) is 3. The quantitative estimate of drug-likeness (QED) is 0.0854. The Morgan fingerprint density at radius 1 is 0.850 bits per heavy atom. The summed E-state index contributed by atoms with van der Waals surface area (Å²) in [6.07, 6.45) is 5.20. The molecule has 5 amide bonds. The number of piperazine rings is 1. The normalized spacial score (nSPS) is 16.7. The minimum atomic E-state index is -1.03. The molecule has 8 rings (SSSR count). The summed E-state index contributed by atoms with van der Waals surface area (Å²) in [6, 6.07) is 15.8. The van der Waals surface area contributed by atoms with Gasteiger partial charge in [-0.25, -0.2) is 4.98 Å². The molecule has 1 unspecified atom stereocenters. The van der Waals surface area contributed by atoms with Crippen molar-refractivity contribution in [2.45, 2.75) is 25.4 Å². The lowest BCUT2D eigenvalue weighted by Gasteiger charge is -2.36. The average Bonchev–Trinajstić information content (AvgIpc) is 4.03. The standard InChI is InChI=1S/C41H44N10O9/c52-34-11-10-33(38(54)46-34)51-39(55)30-4-1-5-32(36(30)40(51)56)42-12-18-57-19-20-58-21-22-59-25-35(53)49-15-13-48(14-16-49)28-8-6-27(7-9-28)31-24-44-41(50-26-45-47-37(31)50)43-23-29-3-2-17-60-29/h1-9,17,24,26,33,42H,10-16,18-23,25H2,(H,43,44)(H,46,52,54). The molecule has 1 atom stereocenters. The Labute approximate surface area is 344 Å². The van der Waals surface area contributed by atoms with Crippen LogP contribution in [0.4, 0.5) is 17.3 Å². The zero-order valence-electron chi connectivity index (χ0n) is 32.7. The zero-order chi connectivity index (χ0) is 41.4. The van der Waals surface area contributed by atoms with Gasteiger partial charge in [0.25, 0.3) is 11.8 Å². The number of aromatic nitrogens is 4. The van der Waals surface area contributed by atoms with E-state index in [1.54, 1.807) is 37.0 Å². The van der Waals surface area contributed by atoms with Crippen molar-refractivity contribution in [2.24, 2.45) is 0 Å². The van der Waals surface area contributed by atoms with E-state index in [9.17, 15) is 24.0 Å². The van der Waals surface area contributed by atoms with Crippen molar-refractivity contribution in [2.75, 3.05) is 87.9 Å². The van der Waals surface area contributed by atoms with Gasteiger partial charge in [0.2, 0.25) is 23.7 Å². The number of furan rings is 1. The minimum absolute atomic E-state index is 0.0227. The molecular formula is C41H44N10O9. The number of carbonyl (C=O) groups is 5. The first-order valence-corrected chi connectivity index (χ1v) is 19.8. The maximum absolute atomic E-state index is 13.2. The van der Waals surface area contributed by atoms with Crippen molar-refractivity contribution in [1.29, 1.82) is 0 Å². The highest BCUT2D eigenvalue weighted by Crippen LogP contribution is 2.32. The summed E-state index contributed by atoms with van der Waals surface area (Å²) in [5.74, 6) is -0.865. The summed E-state index contributed by atoms with van der Waals surface area (Å²) in [4.78, 5) is 72.6. The third kappa shape index (κ3) is 8.82. The fraction of sp³-hybridized carbons (Fsp3) is 0.366. The Bertz CT molecular complexity index is 2340. The molecule has 0 bridgehead atoms. The molecule has 0 radical (unpaired) electrons. The number of amides is 5. The molecule has 5 aromatic rings. The molecule has 0 spiro atoms. The molecule has 19 nitrogen and oxygen atoms in total. The van der Waals surface area contributed by atoms with Crippen LogP contribution in [0.3, 0.4) is 0 Å². The average molecular weight is 821 g/mol. The second kappa shape index (κ2) is 18.5. The van der Waals surface area contributed by atoms with Crippen LogP contribution in [0.15, 0.2) is 77.8 Å². The third-order valence-electron chi connectivity index (χ3n) is 10.5. The van der Waals surface area contributed by atoms with Gasteiger partial charge in [0.1, 0.15) is 24.7 Å². The molecular weight excluding hydrogens is 777 g/mol. The molecule has 19 heteroatoms. The zero-order valence-corrected chi connectivity index (χ0v) is 32.7. The smallest absolute Gasteiger partial charge is 0.264 e. The van der Waals surface area contributed by atoms with Crippen LogP contribution in [0, 0.1) is 0 Å². The number of piperidine rings is 1. The number of imide groups is 2. The first-order chi connectivity index (χ1) is 29.4. The summed E-state index contributed by atoms with van der Waals surface area (Å²) >= 11 is 0. The third-order valence-corrected chi connectivity index (χ3v) is 10.5. The number of rotatable bonds is 18. The van der Waals surface area contributed by atoms with Gasteiger partial charge in [0, 0.05) is 62.3 Å². The lowest BCUT2D eigenvalue weighted by molar-refractivity contribution is -0.137. The predicted octanol–water partition coefficient (Wildman–Crippen LogP) is 2.21. The maximum atomic E-state index is 13.2. The van der Waals surface area contributed by atoms with Crippen molar-refractivity contribution in [3.63, 3.8) is 0 Å². The Balaban J connectivity index is 0.687. The van der Waals surface area contributed by atoms with E-state index in [0.29, 0.717) is 83.0 Å². The maximum Gasteiger partial charge on any atom is 0.264 e. The van der Waals surface area contributed by atoms with Gasteiger partial charge in [-0.05, 0) is 48.4 Å². The first kappa shape index (κ1) is 40.1. The van der Waals surface area contributed by atoms with Gasteiger partial charge in [-0.15, -0.1) is 10.2 Å². The Morgan fingerprint density at radius 3 is 2.40 bits per heavy atom. The van der Waals surface area contributed by atoms with Crippen molar-refractivity contribution in [1.82, 2.24) is 34.7 Å².